The van der Waals surface area contributed by atoms with Gasteiger partial charge >= 0.3 is 0 Å². The molecule has 4 atom stereocenters. The normalized spacial score (nSPS) is 16.0. The number of carbonyl (C=O) groups is 4. The first-order chi connectivity index (χ1) is 67.9. The first-order valence-electron chi connectivity index (χ1n) is 45.9. The number of nitrogen functional groups attached to an aromatic ring is 4. The molecule has 139 heavy (non-hydrogen) atoms. The van der Waals surface area contributed by atoms with Crippen molar-refractivity contribution in [3.63, 3.8) is 0 Å². The highest BCUT2D eigenvalue weighted by atomic mass is 16.5. The molecule has 4 unspecified atom stereocenters. The molecule has 8 N–H and O–H groups in total. The number of terminal acetylenes is 1. The molecular weight excluding hydrogens is 1760 g/mol. The van der Waals surface area contributed by atoms with Crippen LogP contribution in [-0.2, 0) is 23.9 Å². The van der Waals surface area contributed by atoms with Gasteiger partial charge in [0.25, 0.3) is 5.91 Å². The molecule has 8 aromatic heterocycles. The molecule has 4 aliphatic rings. The number of nitrogens with two attached hydrogens (primary N) is 4. The monoisotopic (exact) mass is 1860 g/mol. The van der Waals surface area contributed by atoms with Crippen LogP contribution in [0.3, 0.4) is 0 Å². The largest absolute Gasteiger partial charge is 0.457 e. The van der Waals surface area contributed by atoms with Crippen LogP contribution in [0.2, 0.25) is 0 Å². The molecule has 20 rings (SSSR count). The second kappa shape index (κ2) is 44.0. The van der Waals surface area contributed by atoms with Gasteiger partial charge in [-0.05, 0) is 223 Å². The lowest BCUT2D eigenvalue weighted by atomic mass is 10.1. The number of rotatable bonds is 23. The molecule has 34 heteroatoms. The maximum Gasteiger partial charge on any atom is 0.298 e. The highest BCUT2D eigenvalue weighted by Gasteiger charge is 2.34. The SMILES string of the molecule is C#CC(=O)N1CCCC(n2nc(-c3ccc(Oc4ccccc4)cc3)c3c(N)ncnc32)C1.C=CC(=O)N1CCCC(n2nc(-c3ccc(Oc4ccccc4)cc3)c3c(N)ncnc32)C1.CN(C)C/C=C/C(=O)N1CCCC(n2nc(-c3ccc(Oc4ccccc4)cc3)c3c(N)ncnc32)C1.COC/C=C/C(=O)N1CCCC(n2nc(-c3ccc(Oc4ccccc4)cc3)c3c(N)ncnc32)C1. The number of carbonyl (C=O) groups excluding carboxylic acids is 4. The van der Waals surface area contributed by atoms with Crippen LogP contribution in [0.4, 0.5) is 23.3 Å². The summed E-state index contributed by atoms with van der Waals surface area (Å²) in [5, 5.41) is 22.5. The molecule has 8 aromatic carbocycles. The highest BCUT2D eigenvalue weighted by molar-refractivity contribution is 6.02. The molecule has 4 aliphatic heterocycles. The highest BCUT2D eigenvalue weighted by Crippen LogP contribution is 2.42. The van der Waals surface area contributed by atoms with Gasteiger partial charge in [0.2, 0.25) is 17.7 Å². The lowest BCUT2D eigenvalue weighted by Crippen LogP contribution is -2.40. The van der Waals surface area contributed by atoms with E-state index in [0.717, 1.165) is 127 Å². The Kier molecular flexibility index (Phi) is 29.6. The average molecular weight is 1860 g/mol. The second-order valence-electron chi connectivity index (χ2n) is 33.9. The number of hydrogen-bond donors (Lipinski definition) is 4. The molecule has 4 amide bonds. The number of amides is 4. The van der Waals surface area contributed by atoms with Crippen molar-refractivity contribution in [2.45, 2.75) is 75.5 Å². The zero-order chi connectivity index (χ0) is 96.3. The number of para-hydroxylation sites is 4. The van der Waals surface area contributed by atoms with Crippen molar-refractivity contribution in [1.29, 1.82) is 0 Å². The zero-order valence-electron chi connectivity index (χ0n) is 77.2. The van der Waals surface area contributed by atoms with Crippen molar-refractivity contribution in [2.75, 3.05) is 110 Å². The Balaban J connectivity index is 0.000000128. The van der Waals surface area contributed by atoms with Gasteiger partial charge in [-0.15, -0.1) is 6.42 Å². The fraction of sp³-hybridized carbons (Fsp3) is 0.238. The molecule has 0 bridgehead atoms. The third kappa shape index (κ3) is 22.1. The number of ether oxygens (including phenoxy) is 5. The standard InChI is InChI=1S/C28H31N7O2.C27H28N6O3.C25H24N6O2.C25H22N6O2/c1-33(2)16-7-11-24(36)34-17-6-8-21(18-34)35-28-25(27(29)30-19-31-28)26(32-35)20-12-14-23(15-13-20)37-22-9-4-3-5-10-22;1-35-16-6-10-23(34)32-15-5-7-20(17-32)33-27-24(26(28)29-18-30-27)25(31-33)19-11-13-22(14-12-19)36-21-8-3-2-4-9-21;2*1-2-21(32)30-14-6-7-18(15-30)31-25-22(24(26)27-16-28-25)23(29-31)17-10-12-20(13-11-17)33-19-8-4-3-5-9-19/h3-5,7,9-15,19,21H,6,8,16-18H2,1-2H3,(H2,29,30,31);2-4,6,8-14,18,20H,5,7,15-17H2,1H3,(H2,28,29,30);2-5,8-13,16,18H,1,6-7,14-15H2,(H2,26,27,28);1,3-5,8-13,16,18H,6-7,14-15H2,(H2,26,27,28)/b11-7+;10-6+;;. The number of methoxy groups -OCH3 is 1. The molecule has 34 nitrogen and oxygen atoms in total. The summed E-state index contributed by atoms with van der Waals surface area (Å²) in [6.07, 6.45) is 26.4. The minimum Gasteiger partial charge on any atom is -0.457 e. The van der Waals surface area contributed by atoms with E-state index in [1.807, 2.05) is 272 Å². The number of benzene rings is 8. The number of nitrogens with zero attached hydrogens (tertiary/aromatic N) is 21. The van der Waals surface area contributed by atoms with Crippen LogP contribution < -0.4 is 41.9 Å². The quantitative estimate of drug-likeness (QED) is 0.0341. The van der Waals surface area contributed by atoms with Gasteiger partial charge in [-0.1, -0.05) is 91.5 Å². The number of hydrogen-bond acceptors (Lipinski definition) is 26. The lowest BCUT2D eigenvalue weighted by molar-refractivity contribution is -0.128. The molecule has 0 spiro atoms. The number of likely N-dealkylation sites (N-methyl/N-ethyl adjacent to an activating group) is 1. The number of anilines is 4. The van der Waals surface area contributed by atoms with Crippen LogP contribution in [0.5, 0.6) is 46.0 Å². The molecule has 4 fully saturated rings. The number of fused-ring (bicyclic) bond motifs is 4. The number of likely N-dealkylation sites (tertiary alicyclic amines) is 4. The summed E-state index contributed by atoms with van der Waals surface area (Å²) in [4.78, 5) is 93.7. The molecule has 16 aromatic rings. The van der Waals surface area contributed by atoms with Gasteiger partial charge in [0, 0.05) is 100 Å². The van der Waals surface area contributed by atoms with Gasteiger partial charge in [0.15, 0.2) is 22.6 Å². The van der Waals surface area contributed by atoms with Crippen molar-refractivity contribution >= 4 is 91.0 Å². The van der Waals surface area contributed by atoms with Crippen LogP contribution in [0.25, 0.3) is 89.2 Å². The maximum atomic E-state index is 12.8. The summed E-state index contributed by atoms with van der Waals surface area (Å²) >= 11 is 0. The van der Waals surface area contributed by atoms with E-state index in [2.05, 4.69) is 52.4 Å². The van der Waals surface area contributed by atoms with E-state index in [0.29, 0.717) is 148 Å². The fourth-order valence-corrected chi connectivity index (χ4v) is 17.5. The summed E-state index contributed by atoms with van der Waals surface area (Å²) in [5.74, 6) is 9.28. The average Bonchev–Trinajstić information content (AvgIpc) is 1.62. The second-order valence-corrected chi connectivity index (χ2v) is 33.9. The van der Waals surface area contributed by atoms with E-state index >= 15 is 0 Å². The van der Waals surface area contributed by atoms with Crippen LogP contribution in [0, 0.1) is 12.3 Å². The maximum absolute atomic E-state index is 12.8. The first-order valence-corrected chi connectivity index (χ1v) is 45.9. The van der Waals surface area contributed by atoms with E-state index in [9.17, 15) is 19.2 Å². The van der Waals surface area contributed by atoms with Crippen molar-refractivity contribution in [1.82, 2.24) is 103 Å². The molecule has 0 radical (unpaired) electrons. The summed E-state index contributed by atoms with van der Waals surface area (Å²) in [6, 6.07) is 69.2. The third-order valence-corrected chi connectivity index (χ3v) is 24.2. The molecule has 4 saturated heterocycles. The number of aromatic nitrogens is 16. The van der Waals surface area contributed by atoms with Crippen LogP contribution in [0.15, 0.2) is 281 Å². The Hall–Kier alpha value is -17.1. The Morgan fingerprint density at radius 2 is 0.633 bits per heavy atom. The van der Waals surface area contributed by atoms with Crippen LogP contribution in [0.1, 0.15) is 75.5 Å². The van der Waals surface area contributed by atoms with E-state index < -0.39 is 0 Å². The first kappa shape index (κ1) is 93.7. The van der Waals surface area contributed by atoms with Crippen LogP contribution >= 0.6 is 0 Å². The number of piperidine rings is 4. The van der Waals surface area contributed by atoms with Gasteiger partial charge in [-0.3, -0.25) is 19.2 Å². The zero-order valence-corrected chi connectivity index (χ0v) is 77.2. The van der Waals surface area contributed by atoms with E-state index in [1.54, 1.807) is 35.1 Å². The van der Waals surface area contributed by atoms with Gasteiger partial charge in [-0.25, -0.2) is 58.6 Å². The minimum atomic E-state index is -0.306. The van der Waals surface area contributed by atoms with Gasteiger partial charge in [0.1, 0.15) is 117 Å². The molecular formula is C105H105N25O9. The van der Waals surface area contributed by atoms with E-state index in [-0.39, 0.29) is 47.8 Å². The van der Waals surface area contributed by atoms with E-state index in [1.165, 1.54) is 31.4 Å². The molecule has 0 aliphatic carbocycles. The molecule has 0 saturated carbocycles. The fourth-order valence-electron chi connectivity index (χ4n) is 17.5. The third-order valence-electron chi connectivity index (χ3n) is 24.2. The minimum absolute atomic E-state index is 0.00566. The van der Waals surface area contributed by atoms with E-state index in [4.69, 9.17) is 73.4 Å². The van der Waals surface area contributed by atoms with Crippen molar-refractivity contribution < 1.29 is 42.9 Å². The summed E-state index contributed by atoms with van der Waals surface area (Å²) in [5.41, 5.74) is 34.1. The van der Waals surface area contributed by atoms with Gasteiger partial charge in [-0.2, -0.15) is 20.4 Å². The summed E-state index contributed by atoms with van der Waals surface area (Å²) in [7, 11) is 5.55. The Labute approximate surface area is 802 Å². The van der Waals surface area contributed by atoms with Crippen molar-refractivity contribution in [3.8, 4) is 103 Å². The molecule has 12 heterocycles. The summed E-state index contributed by atoms with van der Waals surface area (Å²) in [6.45, 7) is 9.67. The Morgan fingerprint density at radius 3 is 0.899 bits per heavy atom. The summed E-state index contributed by atoms with van der Waals surface area (Å²) < 4.78 is 36.2. The van der Waals surface area contributed by atoms with Crippen molar-refractivity contribution in [2.24, 2.45) is 0 Å². The predicted molar refractivity (Wildman–Crippen MR) is 534 cm³/mol. The van der Waals surface area contributed by atoms with Crippen LogP contribution in [-0.4, -0.2) is 214 Å². The topological polar surface area (TPSA) is 409 Å². The predicted octanol–water partition coefficient (Wildman–Crippen LogP) is 16.3. The molecule has 704 valence electrons. The lowest BCUT2D eigenvalue weighted by Gasteiger charge is -2.32. The Bertz CT molecular complexity index is 7100. The smallest absolute Gasteiger partial charge is 0.298 e. The Morgan fingerprint density at radius 1 is 0.374 bits per heavy atom. The van der Waals surface area contributed by atoms with Crippen molar-refractivity contribution in [3.05, 3.63) is 281 Å². The van der Waals surface area contributed by atoms with Gasteiger partial charge in [0.05, 0.1) is 52.3 Å². The van der Waals surface area contributed by atoms with Gasteiger partial charge < -0.3 is 71.1 Å².